The Labute approximate surface area is 223 Å². The van der Waals surface area contributed by atoms with Gasteiger partial charge in [0.1, 0.15) is 6.61 Å². The number of fused-ring (bicyclic) bond motifs is 1. The number of aromatic nitrogens is 1. The molecule has 2 heterocycles. The van der Waals surface area contributed by atoms with Gasteiger partial charge in [0.2, 0.25) is 0 Å². The molecule has 38 heavy (non-hydrogen) atoms. The van der Waals surface area contributed by atoms with Crippen LogP contribution in [0.25, 0.3) is 31.7 Å². The topological polar surface area (TPSA) is 88.5 Å². The first kappa shape index (κ1) is 23.9. The summed E-state index contributed by atoms with van der Waals surface area (Å²) in [4.78, 5) is 29.5. The van der Waals surface area contributed by atoms with Crippen LogP contribution in [0.4, 0.5) is 10.5 Å². The SMILES string of the molecule is O=C(Nc1c(-c2ccc(-c3ccc(C4(C(=O)O)CC4)cc3)cc2)sc2cnccc12)OCc1ccccc1. The zero-order valence-electron chi connectivity index (χ0n) is 20.4. The Hall–Kier alpha value is -4.49. The summed E-state index contributed by atoms with van der Waals surface area (Å²) in [7, 11) is 0. The Morgan fingerprint density at radius 1 is 0.895 bits per heavy atom. The molecule has 0 unspecified atom stereocenters. The Morgan fingerprint density at radius 2 is 1.55 bits per heavy atom. The van der Waals surface area contributed by atoms with Crippen molar-refractivity contribution in [2.75, 3.05) is 5.32 Å². The number of carbonyl (C=O) groups excluding carboxylic acids is 1. The highest BCUT2D eigenvalue weighted by atomic mass is 32.1. The van der Waals surface area contributed by atoms with Crippen LogP contribution >= 0.6 is 11.3 Å². The van der Waals surface area contributed by atoms with Crippen LogP contribution in [-0.4, -0.2) is 22.2 Å². The lowest BCUT2D eigenvalue weighted by Crippen LogP contribution is -2.19. The number of carboxylic acid groups (broad SMARTS) is 1. The Morgan fingerprint density at radius 3 is 2.21 bits per heavy atom. The van der Waals surface area contributed by atoms with E-state index in [1.165, 1.54) is 0 Å². The quantitative estimate of drug-likeness (QED) is 0.232. The fourth-order valence-corrected chi connectivity index (χ4v) is 5.82. The van der Waals surface area contributed by atoms with Crippen molar-refractivity contribution in [2.24, 2.45) is 0 Å². The van der Waals surface area contributed by atoms with E-state index in [1.807, 2.05) is 84.9 Å². The number of hydrogen-bond donors (Lipinski definition) is 2. The van der Waals surface area contributed by atoms with Crippen molar-refractivity contribution in [3.8, 4) is 21.6 Å². The van der Waals surface area contributed by atoms with E-state index >= 15 is 0 Å². The Balaban J connectivity index is 1.24. The number of pyridine rings is 1. The molecule has 0 saturated heterocycles. The number of carboxylic acids is 1. The lowest BCUT2D eigenvalue weighted by atomic mass is 9.93. The zero-order chi connectivity index (χ0) is 26.1. The van der Waals surface area contributed by atoms with Crippen molar-refractivity contribution in [1.82, 2.24) is 4.98 Å². The van der Waals surface area contributed by atoms with Gasteiger partial charge in [-0.3, -0.25) is 15.1 Å². The molecular formula is C31H24N2O4S. The van der Waals surface area contributed by atoms with E-state index in [9.17, 15) is 14.7 Å². The highest BCUT2D eigenvalue weighted by molar-refractivity contribution is 7.23. The summed E-state index contributed by atoms with van der Waals surface area (Å²) in [6.07, 6.45) is 4.37. The molecule has 1 fully saturated rings. The lowest BCUT2D eigenvalue weighted by molar-refractivity contribution is -0.140. The summed E-state index contributed by atoms with van der Waals surface area (Å²) in [5.41, 5.74) is 4.79. The number of nitrogens with zero attached hydrogens (tertiary/aromatic N) is 1. The molecule has 2 aromatic heterocycles. The van der Waals surface area contributed by atoms with E-state index in [-0.39, 0.29) is 6.61 Å². The van der Waals surface area contributed by atoms with Crippen molar-refractivity contribution >= 4 is 39.2 Å². The summed E-state index contributed by atoms with van der Waals surface area (Å²) in [6, 6.07) is 27.4. The van der Waals surface area contributed by atoms with Crippen molar-refractivity contribution < 1.29 is 19.4 Å². The number of carbonyl (C=O) groups is 2. The zero-order valence-corrected chi connectivity index (χ0v) is 21.2. The lowest BCUT2D eigenvalue weighted by Gasteiger charge is -2.12. The van der Waals surface area contributed by atoms with Crippen LogP contribution in [0, 0.1) is 0 Å². The van der Waals surface area contributed by atoms with Gasteiger partial charge in [0.05, 0.1) is 20.7 Å². The summed E-state index contributed by atoms with van der Waals surface area (Å²) >= 11 is 1.56. The van der Waals surface area contributed by atoms with Gasteiger partial charge in [0.15, 0.2) is 0 Å². The molecule has 1 amide bonds. The minimum atomic E-state index is -0.749. The molecule has 0 bridgehead atoms. The maximum atomic E-state index is 12.7. The number of ether oxygens (including phenoxy) is 1. The Bertz CT molecular complexity index is 1620. The van der Waals surface area contributed by atoms with Crippen LogP contribution in [0.1, 0.15) is 24.0 Å². The molecule has 1 saturated carbocycles. The smallest absolute Gasteiger partial charge is 0.412 e. The molecule has 0 spiro atoms. The van der Waals surface area contributed by atoms with Crippen molar-refractivity contribution in [3.05, 3.63) is 108 Å². The molecule has 6 rings (SSSR count). The molecule has 7 heteroatoms. The van der Waals surface area contributed by atoms with Crippen LogP contribution in [0.3, 0.4) is 0 Å². The number of thiophene rings is 1. The van der Waals surface area contributed by atoms with Gasteiger partial charge in [0, 0.05) is 17.8 Å². The number of rotatable bonds is 7. The molecular weight excluding hydrogens is 496 g/mol. The Kier molecular flexibility index (Phi) is 6.13. The second kappa shape index (κ2) is 9.76. The number of hydrogen-bond acceptors (Lipinski definition) is 5. The number of aliphatic carboxylic acids is 1. The number of nitrogens with one attached hydrogen (secondary N) is 1. The summed E-state index contributed by atoms with van der Waals surface area (Å²) in [5, 5.41) is 13.4. The standard InChI is InChI=1S/C31H24N2O4S/c34-29(35)31(15-16-31)24-12-10-22(11-13-24)21-6-8-23(9-7-21)28-27(25-14-17-32-18-26(25)38-28)33-30(36)37-19-20-4-2-1-3-5-20/h1-14,17-18H,15-16,19H2,(H,33,36)(H,34,35). The second-order valence-electron chi connectivity index (χ2n) is 9.41. The minimum absolute atomic E-state index is 0.187. The fourth-order valence-electron chi connectivity index (χ4n) is 4.69. The molecule has 0 atom stereocenters. The van der Waals surface area contributed by atoms with E-state index < -0.39 is 17.5 Å². The van der Waals surface area contributed by atoms with E-state index in [4.69, 9.17) is 4.74 Å². The number of anilines is 1. The van der Waals surface area contributed by atoms with Crippen LogP contribution in [0.15, 0.2) is 97.3 Å². The van der Waals surface area contributed by atoms with Crippen molar-refractivity contribution in [2.45, 2.75) is 24.9 Å². The van der Waals surface area contributed by atoms with Gasteiger partial charge in [-0.25, -0.2) is 4.79 Å². The number of amides is 1. The van der Waals surface area contributed by atoms with E-state index in [1.54, 1.807) is 23.7 Å². The molecule has 3 aromatic carbocycles. The van der Waals surface area contributed by atoms with Crippen molar-refractivity contribution in [1.29, 1.82) is 0 Å². The first-order valence-corrected chi connectivity index (χ1v) is 13.1. The normalized spacial score (nSPS) is 13.7. The average Bonchev–Trinajstić information content (AvgIpc) is 3.70. The van der Waals surface area contributed by atoms with Crippen LogP contribution in [-0.2, 0) is 21.6 Å². The molecule has 0 radical (unpaired) electrons. The predicted molar refractivity (Wildman–Crippen MR) is 149 cm³/mol. The predicted octanol–water partition coefficient (Wildman–Crippen LogP) is 7.50. The van der Waals surface area contributed by atoms with Crippen LogP contribution in [0.5, 0.6) is 0 Å². The largest absolute Gasteiger partial charge is 0.481 e. The molecule has 1 aliphatic carbocycles. The van der Waals surface area contributed by atoms with E-state index in [2.05, 4.69) is 10.3 Å². The molecule has 188 valence electrons. The highest BCUT2D eigenvalue weighted by Gasteiger charge is 2.51. The summed E-state index contributed by atoms with van der Waals surface area (Å²) < 4.78 is 6.44. The monoisotopic (exact) mass is 520 g/mol. The summed E-state index contributed by atoms with van der Waals surface area (Å²) in [6.45, 7) is 0.187. The third-order valence-electron chi connectivity index (χ3n) is 7.01. The van der Waals surface area contributed by atoms with Gasteiger partial charge in [-0.05, 0) is 46.7 Å². The van der Waals surface area contributed by atoms with Crippen molar-refractivity contribution in [3.63, 3.8) is 0 Å². The van der Waals surface area contributed by atoms with E-state index in [0.29, 0.717) is 18.5 Å². The molecule has 6 nitrogen and oxygen atoms in total. The van der Waals surface area contributed by atoms with Gasteiger partial charge in [-0.1, -0.05) is 78.9 Å². The van der Waals surface area contributed by atoms with Crippen LogP contribution in [0.2, 0.25) is 0 Å². The molecule has 2 N–H and O–H groups in total. The number of benzene rings is 3. The van der Waals surface area contributed by atoms with Gasteiger partial charge >= 0.3 is 12.1 Å². The molecule has 5 aromatic rings. The van der Waals surface area contributed by atoms with E-state index in [0.717, 1.165) is 42.8 Å². The maximum Gasteiger partial charge on any atom is 0.412 e. The third-order valence-corrected chi connectivity index (χ3v) is 8.20. The average molecular weight is 521 g/mol. The highest BCUT2D eigenvalue weighted by Crippen LogP contribution is 2.48. The fraction of sp³-hybridized carbons (Fsp3) is 0.129. The second-order valence-corrected chi connectivity index (χ2v) is 10.5. The maximum absolute atomic E-state index is 12.7. The van der Waals surface area contributed by atoms with Gasteiger partial charge in [-0.2, -0.15) is 0 Å². The summed E-state index contributed by atoms with van der Waals surface area (Å²) in [5.74, 6) is -0.749. The first-order valence-electron chi connectivity index (χ1n) is 12.3. The van der Waals surface area contributed by atoms with Gasteiger partial charge < -0.3 is 9.84 Å². The minimum Gasteiger partial charge on any atom is -0.481 e. The molecule has 1 aliphatic rings. The van der Waals surface area contributed by atoms with Crippen LogP contribution < -0.4 is 5.32 Å². The van der Waals surface area contributed by atoms with Gasteiger partial charge in [-0.15, -0.1) is 11.3 Å². The molecule has 0 aliphatic heterocycles. The first-order chi connectivity index (χ1) is 18.5. The third kappa shape index (κ3) is 4.53. The van der Waals surface area contributed by atoms with Gasteiger partial charge in [0.25, 0.3) is 0 Å².